The minimum absolute atomic E-state index is 0.142. The number of rotatable bonds is 4. The van der Waals surface area contributed by atoms with E-state index in [4.69, 9.17) is 5.10 Å². The average molecular weight is 502 g/mol. The van der Waals surface area contributed by atoms with Crippen molar-refractivity contribution in [2.24, 2.45) is 0 Å². The number of fused-ring (bicyclic) bond motifs is 3. The van der Waals surface area contributed by atoms with Gasteiger partial charge in [-0.25, -0.2) is 9.48 Å². The molecular weight excluding hydrogens is 470 g/mol. The summed E-state index contributed by atoms with van der Waals surface area (Å²) in [5, 5.41) is 8.12. The molecular formula is C32H31N5O. The molecule has 0 bridgehead atoms. The number of amides is 2. The zero-order valence-electron chi connectivity index (χ0n) is 21.9. The monoisotopic (exact) mass is 501 g/mol. The Balaban J connectivity index is 1.53. The molecule has 1 N–H and O–H groups in total. The summed E-state index contributed by atoms with van der Waals surface area (Å²) >= 11 is 0. The van der Waals surface area contributed by atoms with Crippen LogP contribution in [0.1, 0.15) is 46.6 Å². The van der Waals surface area contributed by atoms with E-state index in [0.29, 0.717) is 6.54 Å². The fourth-order valence-electron chi connectivity index (χ4n) is 5.34. The standard InChI is InChI=1S/C32H31N5O/c1-4-24-16-18-25(19-17-24)30-29-15-10-20-35(29)31-27(23(3)34-37(31)26-12-6-5-7-13-26)21-36(30)32(38)33-28-14-9-8-11-22(28)2/h5-20,30H,4,21H2,1-3H3,(H,33,38)/t30-/m0/s1. The maximum absolute atomic E-state index is 14.1. The number of nitrogens with zero attached hydrogens (tertiary/aromatic N) is 4. The SMILES string of the molecule is CCc1ccc([C@H]2c3cccn3-c3c(c(C)nn3-c3ccccc3)CN2C(=O)Nc2ccccc2C)cc1. The van der Waals surface area contributed by atoms with Gasteiger partial charge < -0.3 is 14.8 Å². The number of para-hydroxylation sites is 2. The Morgan fingerprint density at radius 2 is 1.66 bits per heavy atom. The lowest BCUT2D eigenvalue weighted by molar-refractivity contribution is 0.194. The van der Waals surface area contributed by atoms with E-state index in [1.807, 2.05) is 72.0 Å². The van der Waals surface area contributed by atoms with Crippen molar-refractivity contribution in [2.45, 2.75) is 39.8 Å². The number of carbonyl (C=O) groups excluding carboxylic acids is 1. The van der Waals surface area contributed by atoms with Gasteiger partial charge in [0.25, 0.3) is 0 Å². The van der Waals surface area contributed by atoms with Crippen LogP contribution in [0.4, 0.5) is 10.5 Å². The van der Waals surface area contributed by atoms with Crippen LogP contribution in [0.3, 0.4) is 0 Å². The fraction of sp³-hybridized carbons (Fsp3) is 0.188. The third-order valence-electron chi connectivity index (χ3n) is 7.44. The number of hydrogen-bond donors (Lipinski definition) is 1. The largest absolute Gasteiger partial charge is 0.322 e. The van der Waals surface area contributed by atoms with Crippen LogP contribution < -0.4 is 5.32 Å². The highest BCUT2D eigenvalue weighted by Gasteiger charge is 2.36. The highest BCUT2D eigenvalue weighted by molar-refractivity contribution is 5.91. The maximum Gasteiger partial charge on any atom is 0.322 e. The lowest BCUT2D eigenvalue weighted by Crippen LogP contribution is -2.38. The number of benzene rings is 3. The molecule has 0 fully saturated rings. The van der Waals surface area contributed by atoms with Crippen LogP contribution in [-0.2, 0) is 13.0 Å². The lowest BCUT2D eigenvalue weighted by Gasteiger charge is -2.31. The van der Waals surface area contributed by atoms with E-state index >= 15 is 0 Å². The molecule has 3 heterocycles. The highest BCUT2D eigenvalue weighted by atomic mass is 16.2. The molecule has 0 spiro atoms. The molecule has 1 atom stereocenters. The van der Waals surface area contributed by atoms with Gasteiger partial charge in [-0.2, -0.15) is 5.10 Å². The van der Waals surface area contributed by atoms with Crippen molar-refractivity contribution in [1.82, 2.24) is 19.2 Å². The first-order valence-electron chi connectivity index (χ1n) is 13.1. The number of aromatic nitrogens is 3. The summed E-state index contributed by atoms with van der Waals surface area (Å²) in [5.74, 6) is 0.968. The number of carbonyl (C=O) groups is 1. The molecule has 1 aliphatic rings. The van der Waals surface area contributed by atoms with Crippen LogP contribution >= 0.6 is 0 Å². The third kappa shape index (κ3) is 4.08. The van der Waals surface area contributed by atoms with E-state index in [2.05, 4.69) is 65.5 Å². The lowest BCUT2D eigenvalue weighted by atomic mass is 9.99. The number of hydrogen-bond acceptors (Lipinski definition) is 2. The van der Waals surface area contributed by atoms with E-state index in [-0.39, 0.29) is 12.1 Å². The van der Waals surface area contributed by atoms with Gasteiger partial charge in [0.1, 0.15) is 5.82 Å². The van der Waals surface area contributed by atoms with Crippen LogP contribution in [0.2, 0.25) is 0 Å². The first-order chi connectivity index (χ1) is 18.5. The van der Waals surface area contributed by atoms with Crippen LogP contribution in [0.5, 0.6) is 0 Å². The minimum Gasteiger partial charge on any atom is -0.308 e. The highest BCUT2D eigenvalue weighted by Crippen LogP contribution is 2.39. The Kier molecular flexibility index (Phi) is 6.08. The van der Waals surface area contributed by atoms with E-state index in [1.165, 1.54) is 5.56 Å². The Morgan fingerprint density at radius 3 is 2.39 bits per heavy atom. The molecule has 0 saturated carbocycles. The predicted molar refractivity (Wildman–Crippen MR) is 151 cm³/mol. The van der Waals surface area contributed by atoms with Gasteiger partial charge in [-0.05, 0) is 67.3 Å². The van der Waals surface area contributed by atoms with E-state index in [0.717, 1.165) is 51.7 Å². The van der Waals surface area contributed by atoms with Crippen LogP contribution in [0.25, 0.3) is 11.5 Å². The number of nitrogens with one attached hydrogen (secondary N) is 1. The van der Waals surface area contributed by atoms with Gasteiger partial charge in [0.2, 0.25) is 0 Å². The molecule has 5 aromatic rings. The molecule has 0 aliphatic carbocycles. The van der Waals surface area contributed by atoms with Crippen molar-refractivity contribution in [2.75, 3.05) is 5.32 Å². The summed E-state index contributed by atoms with van der Waals surface area (Å²) in [5.41, 5.74) is 8.11. The Bertz CT molecular complexity index is 1600. The smallest absolute Gasteiger partial charge is 0.308 e. The average Bonchev–Trinajstić information content (AvgIpc) is 3.51. The summed E-state index contributed by atoms with van der Waals surface area (Å²) in [6, 6.07) is 30.4. The molecule has 6 rings (SSSR count). The van der Waals surface area contributed by atoms with Crippen LogP contribution in [-0.4, -0.2) is 25.3 Å². The van der Waals surface area contributed by atoms with Gasteiger partial charge in [-0.1, -0.05) is 67.6 Å². The fourth-order valence-corrected chi connectivity index (χ4v) is 5.34. The summed E-state index contributed by atoms with van der Waals surface area (Å²) in [7, 11) is 0. The van der Waals surface area contributed by atoms with Crippen molar-refractivity contribution in [3.05, 3.63) is 131 Å². The Morgan fingerprint density at radius 1 is 0.921 bits per heavy atom. The number of anilines is 1. The molecule has 190 valence electrons. The molecule has 6 heteroatoms. The van der Waals surface area contributed by atoms with Crippen molar-refractivity contribution in [1.29, 1.82) is 0 Å². The molecule has 0 unspecified atom stereocenters. The second kappa shape index (κ2) is 9.71. The molecule has 0 saturated heterocycles. The van der Waals surface area contributed by atoms with Gasteiger partial charge in [0.15, 0.2) is 0 Å². The second-order valence-electron chi connectivity index (χ2n) is 9.81. The van der Waals surface area contributed by atoms with Crippen molar-refractivity contribution >= 4 is 11.7 Å². The number of aryl methyl sites for hydroxylation is 3. The zero-order chi connectivity index (χ0) is 26.2. The van der Waals surface area contributed by atoms with Crippen molar-refractivity contribution < 1.29 is 4.79 Å². The normalized spacial score (nSPS) is 14.5. The van der Waals surface area contributed by atoms with Gasteiger partial charge in [0.05, 0.1) is 29.7 Å². The molecule has 0 radical (unpaired) electrons. The molecule has 38 heavy (non-hydrogen) atoms. The molecule has 2 aromatic heterocycles. The van der Waals surface area contributed by atoms with Gasteiger partial charge >= 0.3 is 6.03 Å². The van der Waals surface area contributed by atoms with Crippen molar-refractivity contribution in [3.63, 3.8) is 0 Å². The maximum atomic E-state index is 14.1. The topological polar surface area (TPSA) is 55.1 Å². The Hall–Kier alpha value is -4.58. The summed E-state index contributed by atoms with van der Waals surface area (Å²) in [6.45, 7) is 6.61. The quantitative estimate of drug-likeness (QED) is 0.289. The third-order valence-corrected chi connectivity index (χ3v) is 7.44. The zero-order valence-corrected chi connectivity index (χ0v) is 21.9. The summed E-state index contributed by atoms with van der Waals surface area (Å²) in [6.07, 6.45) is 3.04. The van der Waals surface area contributed by atoms with Crippen LogP contribution in [0.15, 0.2) is 97.2 Å². The van der Waals surface area contributed by atoms with Gasteiger partial charge in [-0.15, -0.1) is 0 Å². The molecule has 1 aliphatic heterocycles. The van der Waals surface area contributed by atoms with Gasteiger partial charge in [0, 0.05) is 17.4 Å². The van der Waals surface area contributed by atoms with Crippen LogP contribution in [0, 0.1) is 13.8 Å². The molecule has 6 nitrogen and oxygen atoms in total. The second-order valence-corrected chi connectivity index (χ2v) is 9.81. The summed E-state index contributed by atoms with van der Waals surface area (Å²) in [4.78, 5) is 16.0. The first-order valence-corrected chi connectivity index (χ1v) is 13.1. The van der Waals surface area contributed by atoms with Gasteiger partial charge in [-0.3, -0.25) is 0 Å². The summed E-state index contributed by atoms with van der Waals surface area (Å²) < 4.78 is 4.19. The van der Waals surface area contributed by atoms with E-state index in [9.17, 15) is 4.79 Å². The van der Waals surface area contributed by atoms with E-state index in [1.54, 1.807) is 0 Å². The molecule has 2 amide bonds. The van der Waals surface area contributed by atoms with Crippen molar-refractivity contribution in [3.8, 4) is 11.5 Å². The minimum atomic E-state index is -0.282. The van der Waals surface area contributed by atoms with E-state index < -0.39 is 0 Å². The number of urea groups is 1. The Labute approximate surface area is 223 Å². The predicted octanol–water partition coefficient (Wildman–Crippen LogP) is 6.98. The molecule has 3 aromatic carbocycles. The first kappa shape index (κ1) is 23.8.